The molecule has 3 heteroatoms. The summed E-state index contributed by atoms with van der Waals surface area (Å²) in [5.74, 6) is 0.273. The Balaban J connectivity index is 2.83. The molecule has 1 aromatic rings. The fourth-order valence-corrected chi connectivity index (χ4v) is 5.10. The minimum Gasteiger partial charge on any atom is -0.508 e. The molecule has 0 aliphatic carbocycles. The molecule has 0 heterocycles. The predicted octanol–water partition coefficient (Wildman–Crippen LogP) is 4.08. The minimum absolute atomic E-state index is 0.273. The first-order chi connectivity index (χ1) is 7.61. The van der Waals surface area contributed by atoms with Gasteiger partial charge in [-0.1, -0.05) is 32.0 Å². The van der Waals surface area contributed by atoms with E-state index in [0.29, 0.717) is 6.16 Å². The molecule has 0 saturated heterocycles. The lowest BCUT2D eigenvalue weighted by Crippen LogP contribution is -1.98. The van der Waals surface area contributed by atoms with Gasteiger partial charge >= 0.3 is 0 Å². The van der Waals surface area contributed by atoms with E-state index in [1.54, 1.807) is 12.1 Å². The van der Waals surface area contributed by atoms with Gasteiger partial charge in [-0.05, 0) is 18.9 Å². The zero-order valence-electron chi connectivity index (χ0n) is 10.1. The summed E-state index contributed by atoms with van der Waals surface area (Å²) in [5, 5.41) is 9.69. The van der Waals surface area contributed by atoms with E-state index in [1.165, 1.54) is 0 Å². The van der Waals surface area contributed by atoms with Gasteiger partial charge in [0.15, 0.2) is 0 Å². The van der Waals surface area contributed by atoms with E-state index in [4.69, 9.17) is 0 Å². The van der Waals surface area contributed by atoms with E-state index in [2.05, 4.69) is 13.8 Å². The van der Waals surface area contributed by atoms with Crippen molar-refractivity contribution >= 4 is 7.14 Å². The third kappa shape index (κ3) is 3.68. The number of benzene rings is 1. The van der Waals surface area contributed by atoms with E-state index in [0.717, 1.165) is 30.7 Å². The SMILES string of the molecule is CCCP(=O)(CCC)Cc1ccccc1O. The maximum atomic E-state index is 12.6. The van der Waals surface area contributed by atoms with Crippen LogP contribution in [0.3, 0.4) is 0 Å². The molecular weight excluding hydrogens is 219 g/mol. The topological polar surface area (TPSA) is 37.3 Å². The van der Waals surface area contributed by atoms with E-state index >= 15 is 0 Å². The van der Waals surface area contributed by atoms with E-state index in [1.807, 2.05) is 12.1 Å². The maximum absolute atomic E-state index is 12.6. The van der Waals surface area contributed by atoms with Gasteiger partial charge in [0.2, 0.25) is 0 Å². The first-order valence-electron chi connectivity index (χ1n) is 5.95. The highest BCUT2D eigenvalue weighted by atomic mass is 31.2. The Morgan fingerprint density at radius 1 is 1.12 bits per heavy atom. The third-order valence-corrected chi connectivity index (χ3v) is 6.15. The number of phenols is 1. The molecule has 1 N–H and O–H groups in total. The summed E-state index contributed by atoms with van der Waals surface area (Å²) in [7, 11) is -2.13. The Kier molecular flexibility index (Phi) is 5.08. The van der Waals surface area contributed by atoms with Gasteiger partial charge in [-0.3, -0.25) is 0 Å². The second-order valence-corrected chi connectivity index (χ2v) is 7.62. The fraction of sp³-hybridized carbons (Fsp3) is 0.538. The van der Waals surface area contributed by atoms with Crippen molar-refractivity contribution in [3.8, 4) is 5.75 Å². The summed E-state index contributed by atoms with van der Waals surface area (Å²) in [6, 6.07) is 7.21. The normalized spacial score (nSPS) is 11.6. The van der Waals surface area contributed by atoms with Crippen molar-refractivity contribution in [2.75, 3.05) is 12.3 Å². The molecule has 0 radical (unpaired) electrons. The highest BCUT2D eigenvalue weighted by Crippen LogP contribution is 2.51. The fourth-order valence-electron chi connectivity index (χ4n) is 2.04. The largest absolute Gasteiger partial charge is 0.508 e. The summed E-state index contributed by atoms with van der Waals surface area (Å²) >= 11 is 0. The van der Waals surface area contributed by atoms with Crippen molar-refractivity contribution in [3.05, 3.63) is 29.8 Å². The van der Waals surface area contributed by atoms with Crippen molar-refractivity contribution in [2.45, 2.75) is 32.9 Å². The summed E-state index contributed by atoms with van der Waals surface area (Å²) in [6.07, 6.45) is 4.02. The Bertz CT molecular complexity index is 364. The first kappa shape index (κ1) is 13.3. The van der Waals surface area contributed by atoms with Crippen LogP contribution in [0.1, 0.15) is 32.3 Å². The smallest absolute Gasteiger partial charge is 0.119 e. The number of hydrogen-bond donors (Lipinski definition) is 1. The Hall–Kier alpha value is -0.750. The lowest BCUT2D eigenvalue weighted by molar-refractivity contribution is 0.469. The first-order valence-corrected chi connectivity index (χ1v) is 8.21. The molecule has 0 saturated carbocycles. The molecule has 0 atom stereocenters. The number of aromatic hydroxyl groups is 1. The molecule has 0 fully saturated rings. The standard InChI is InChI=1S/C13H21O2P/c1-3-9-16(15,10-4-2)11-12-7-5-6-8-13(12)14/h5-8,14H,3-4,9-11H2,1-2H3. The van der Waals surface area contributed by atoms with Gasteiger partial charge in [-0.15, -0.1) is 0 Å². The number of para-hydroxylation sites is 1. The van der Waals surface area contributed by atoms with Crippen LogP contribution in [0.4, 0.5) is 0 Å². The predicted molar refractivity (Wildman–Crippen MR) is 69.7 cm³/mol. The van der Waals surface area contributed by atoms with Crippen LogP contribution in [0.5, 0.6) is 5.75 Å². The van der Waals surface area contributed by atoms with E-state index in [9.17, 15) is 9.67 Å². The van der Waals surface area contributed by atoms with E-state index < -0.39 is 7.14 Å². The molecule has 16 heavy (non-hydrogen) atoms. The summed E-state index contributed by atoms with van der Waals surface area (Å²) in [4.78, 5) is 0. The molecule has 1 aromatic carbocycles. The lowest BCUT2D eigenvalue weighted by Gasteiger charge is -2.17. The van der Waals surface area contributed by atoms with Crippen molar-refractivity contribution in [2.24, 2.45) is 0 Å². The Labute approximate surface area is 98.1 Å². The van der Waals surface area contributed by atoms with Crippen LogP contribution in [-0.4, -0.2) is 17.4 Å². The molecule has 1 rings (SSSR count). The van der Waals surface area contributed by atoms with Crippen molar-refractivity contribution in [1.29, 1.82) is 0 Å². The van der Waals surface area contributed by atoms with Crippen LogP contribution in [0.25, 0.3) is 0 Å². The molecule has 0 spiro atoms. The molecule has 0 unspecified atom stereocenters. The van der Waals surface area contributed by atoms with Gasteiger partial charge in [-0.25, -0.2) is 0 Å². The number of phenolic OH excluding ortho intramolecular Hbond substituents is 1. The van der Waals surface area contributed by atoms with Crippen LogP contribution >= 0.6 is 7.14 Å². The van der Waals surface area contributed by atoms with E-state index in [-0.39, 0.29) is 5.75 Å². The quantitative estimate of drug-likeness (QED) is 0.761. The van der Waals surface area contributed by atoms with Crippen molar-refractivity contribution in [1.82, 2.24) is 0 Å². The monoisotopic (exact) mass is 240 g/mol. The zero-order valence-corrected chi connectivity index (χ0v) is 11.0. The van der Waals surface area contributed by atoms with Gasteiger partial charge in [-0.2, -0.15) is 0 Å². The lowest BCUT2D eigenvalue weighted by atomic mass is 10.2. The average Bonchev–Trinajstić information content (AvgIpc) is 2.22. The van der Waals surface area contributed by atoms with Gasteiger partial charge in [0.05, 0.1) is 7.14 Å². The van der Waals surface area contributed by atoms with Crippen LogP contribution < -0.4 is 0 Å². The summed E-state index contributed by atoms with van der Waals surface area (Å²) in [5.41, 5.74) is 0.827. The molecule has 0 aromatic heterocycles. The maximum Gasteiger partial charge on any atom is 0.119 e. The molecule has 0 aliphatic heterocycles. The highest BCUT2D eigenvalue weighted by Gasteiger charge is 2.21. The summed E-state index contributed by atoms with van der Waals surface area (Å²) < 4.78 is 12.6. The highest BCUT2D eigenvalue weighted by molar-refractivity contribution is 7.63. The van der Waals surface area contributed by atoms with Gasteiger partial charge in [0, 0.05) is 24.0 Å². The molecular formula is C13H21O2P. The number of hydrogen-bond acceptors (Lipinski definition) is 2. The van der Waals surface area contributed by atoms with Crippen molar-refractivity contribution < 1.29 is 9.67 Å². The van der Waals surface area contributed by atoms with Gasteiger partial charge in [0.1, 0.15) is 5.75 Å². The average molecular weight is 240 g/mol. The van der Waals surface area contributed by atoms with Crippen LogP contribution in [0.15, 0.2) is 24.3 Å². The van der Waals surface area contributed by atoms with Crippen LogP contribution in [0, 0.1) is 0 Å². The molecule has 0 amide bonds. The second-order valence-electron chi connectivity index (χ2n) is 4.29. The van der Waals surface area contributed by atoms with Gasteiger partial charge < -0.3 is 9.67 Å². The second kappa shape index (κ2) is 6.10. The van der Waals surface area contributed by atoms with Crippen LogP contribution in [0.2, 0.25) is 0 Å². The Morgan fingerprint density at radius 3 is 2.19 bits per heavy atom. The number of rotatable bonds is 6. The minimum atomic E-state index is -2.13. The molecule has 0 aliphatic rings. The molecule has 2 nitrogen and oxygen atoms in total. The zero-order chi connectivity index (χ0) is 12.0. The van der Waals surface area contributed by atoms with Gasteiger partial charge in [0.25, 0.3) is 0 Å². The Morgan fingerprint density at radius 2 is 1.69 bits per heavy atom. The van der Waals surface area contributed by atoms with Crippen molar-refractivity contribution in [3.63, 3.8) is 0 Å². The van der Waals surface area contributed by atoms with Crippen LogP contribution in [-0.2, 0) is 10.7 Å². The molecule has 0 bridgehead atoms. The molecule has 90 valence electrons. The summed E-state index contributed by atoms with van der Waals surface area (Å²) in [6.45, 7) is 4.13. The third-order valence-electron chi connectivity index (χ3n) is 2.71.